The Kier molecular flexibility index (Phi) is 4.50. The van der Waals surface area contributed by atoms with Gasteiger partial charge in [-0.15, -0.1) is 11.8 Å². The predicted octanol–water partition coefficient (Wildman–Crippen LogP) is 5.19. The van der Waals surface area contributed by atoms with E-state index in [1.54, 1.807) is 0 Å². The van der Waals surface area contributed by atoms with E-state index in [0.717, 1.165) is 23.6 Å². The van der Waals surface area contributed by atoms with Gasteiger partial charge >= 0.3 is 0 Å². The second-order valence-corrected chi connectivity index (χ2v) is 7.78. The highest BCUT2D eigenvalue weighted by atomic mass is 32.2. The normalized spacial score (nSPS) is 19.6. The van der Waals surface area contributed by atoms with E-state index in [1.165, 1.54) is 10.5 Å². The molecule has 1 aromatic heterocycles. The Labute approximate surface area is 152 Å². The number of aryl methyl sites for hydroxylation is 1. The number of carbonyl (C=O) groups excluding carboxylic acids is 1. The van der Waals surface area contributed by atoms with E-state index >= 15 is 0 Å². The molecule has 4 rings (SSSR count). The molecular weight excluding hydrogens is 326 g/mol. The van der Waals surface area contributed by atoms with Gasteiger partial charge in [0.15, 0.2) is 5.78 Å². The lowest BCUT2D eigenvalue weighted by Crippen LogP contribution is -2.34. The lowest BCUT2D eigenvalue weighted by molar-refractivity contribution is 0.0893. The Hall–Kier alpha value is -2.26. The lowest BCUT2D eigenvalue weighted by atomic mass is 9.80. The molecule has 3 aromatic rings. The van der Waals surface area contributed by atoms with Gasteiger partial charge in [0.2, 0.25) is 0 Å². The molecule has 0 saturated carbocycles. The lowest BCUT2D eigenvalue weighted by Gasteiger charge is -2.32. The number of ketones is 1. The summed E-state index contributed by atoms with van der Waals surface area (Å²) in [7, 11) is 0. The van der Waals surface area contributed by atoms with Crippen molar-refractivity contribution in [2.75, 3.05) is 5.75 Å². The molecule has 1 aliphatic rings. The maximum atomic E-state index is 13.1. The number of Topliss-reactive ketones (excluding diaryl/α,β-unsaturated/α-hetero) is 1. The standard InChI is InChI=1S/C22H21NOS/c1-16-9-11-19(12-10-16)25-15-18-14-23-13-5-8-20(23)22(24)21(18)17-6-3-2-4-7-17/h2-13,18,21H,14-15H2,1H3/t18-,21-/m1/s1. The molecule has 126 valence electrons. The van der Waals surface area contributed by atoms with Crippen molar-refractivity contribution < 1.29 is 4.79 Å². The van der Waals surface area contributed by atoms with Gasteiger partial charge in [-0.2, -0.15) is 0 Å². The first-order valence-corrected chi connectivity index (χ1v) is 9.65. The molecule has 1 aliphatic heterocycles. The molecule has 2 aromatic carbocycles. The number of hydrogen-bond donors (Lipinski definition) is 0. The highest BCUT2D eigenvalue weighted by molar-refractivity contribution is 7.99. The van der Waals surface area contributed by atoms with Crippen LogP contribution in [-0.4, -0.2) is 16.1 Å². The summed E-state index contributed by atoms with van der Waals surface area (Å²) in [4.78, 5) is 14.4. The molecule has 3 heteroatoms. The molecule has 2 nitrogen and oxygen atoms in total. The van der Waals surface area contributed by atoms with Gasteiger partial charge < -0.3 is 4.57 Å². The minimum absolute atomic E-state index is 0.0541. The van der Waals surface area contributed by atoms with Gasteiger partial charge in [0.25, 0.3) is 0 Å². The fraction of sp³-hybridized carbons (Fsp3) is 0.227. The van der Waals surface area contributed by atoms with Gasteiger partial charge in [0.05, 0.1) is 11.6 Å². The smallest absolute Gasteiger partial charge is 0.187 e. The maximum absolute atomic E-state index is 13.1. The van der Waals surface area contributed by atoms with Crippen molar-refractivity contribution in [3.63, 3.8) is 0 Å². The van der Waals surface area contributed by atoms with E-state index in [9.17, 15) is 4.79 Å². The van der Waals surface area contributed by atoms with Crippen LogP contribution in [0, 0.1) is 12.8 Å². The van der Waals surface area contributed by atoms with E-state index in [1.807, 2.05) is 48.3 Å². The molecule has 25 heavy (non-hydrogen) atoms. The number of aromatic nitrogens is 1. The van der Waals surface area contributed by atoms with Gasteiger partial charge in [-0.3, -0.25) is 4.79 Å². The Morgan fingerprint density at radius 2 is 1.76 bits per heavy atom. The summed E-state index contributed by atoms with van der Waals surface area (Å²) in [6, 6.07) is 22.8. The van der Waals surface area contributed by atoms with Gasteiger partial charge in [-0.05, 0) is 36.8 Å². The van der Waals surface area contributed by atoms with E-state index in [-0.39, 0.29) is 11.7 Å². The number of carbonyl (C=O) groups is 1. The molecule has 0 spiro atoms. The van der Waals surface area contributed by atoms with Crippen molar-refractivity contribution in [3.05, 3.63) is 89.7 Å². The Balaban J connectivity index is 1.61. The number of rotatable bonds is 4. The van der Waals surface area contributed by atoms with Crippen molar-refractivity contribution >= 4 is 17.5 Å². The third kappa shape index (κ3) is 3.29. The summed E-state index contributed by atoms with van der Waals surface area (Å²) in [5.74, 6) is 1.42. The van der Waals surface area contributed by atoms with Crippen molar-refractivity contribution in [2.45, 2.75) is 24.3 Å². The largest absolute Gasteiger partial charge is 0.345 e. The summed E-state index contributed by atoms with van der Waals surface area (Å²) in [6.07, 6.45) is 2.03. The molecule has 2 atom stereocenters. The summed E-state index contributed by atoms with van der Waals surface area (Å²) in [5.41, 5.74) is 3.25. The molecule has 0 unspecified atom stereocenters. The number of nitrogens with zero attached hydrogens (tertiary/aromatic N) is 1. The third-order valence-corrected chi connectivity index (χ3v) is 6.11. The Bertz CT molecular complexity index is 867. The molecule has 0 fully saturated rings. The van der Waals surface area contributed by atoms with Crippen LogP contribution in [0.1, 0.15) is 27.5 Å². The molecule has 2 heterocycles. The zero-order chi connectivity index (χ0) is 17.2. The van der Waals surface area contributed by atoms with E-state index < -0.39 is 0 Å². The highest BCUT2D eigenvalue weighted by Gasteiger charge is 2.36. The van der Waals surface area contributed by atoms with Crippen LogP contribution in [0.5, 0.6) is 0 Å². The second-order valence-electron chi connectivity index (χ2n) is 6.68. The minimum Gasteiger partial charge on any atom is -0.345 e. The molecule has 0 bridgehead atoms. The molecular formula is C22H21NOS. The fourth-order valence-electron chi connectivity index (χ4n) is 3.60. The van der Waals surface area contributed by atoms with Crippen molar-refractivity contribution in [1.82, 2.24) is 4.57 Å². The highest BCUT2D eigenvalue weighted by Crippen LogP contribution is 2.37. The second kappa shape index (κ2) is 6.93. The Morgan fingerprint density at radius 3 is 2.52 bits per heavy atom. The quantitative estimate of drug-likeness (QED) is 0.606. The van der Waals surface area contributed by atoms with Crippen LogP contribution in [0.4, 0.5) is 0 Å². The molecule has 0 aliphatic carbocycles. The van der Waals surface area contributed by atoms with Gasteiger partial charge in [-0.25, -0.2) is 0 Å². The van der Waals surface area contributed by atoms with E-state index in [0.29, 0.717) is 5.92 Å². The number of benzene rings is 2. The minimum atomic E-state index is -0.0541. The summed E-state index contributed by atoms with van der Waals surface area (Å²) in [6.45, 7) is 3.00. The molecule has 0 radical (unpaired) electrons. The van der Waals surface area contributed by atoms with Crippen LogP contribution in [0.2, 0.25) is 0 Å². The monoisotopic (exact) mass is 347 g/mol. The van der Waals surface area contributed by atoms with Crippen LogP contribution in [0.25, 0.3) is 0 Å². The van der Waals surface area contributed by atoms with Crippen LogP contribution in [0.15, 0.2) is 77.8 Å². The first-order valence-electron chi connectivity index (χ1n) is 8.66. The van der Waals surface area contributed by atoms with Crippen molar-refractivity contribution in [2.24, 2.45) is 5.92 Å². The number of hydrogen-bond acceptors (Lipinski definition) is 2. The Morgan fingerprint density at radius 1 is 1.00 bits per heavy atom. The first kappa shape index (κ1) is 16.2. The van der Waals surface area contributed by atoms with Crippen LogP contribution >= 0.6 is 11.8 Å². The molecule has 0 amide bonds. The predicted molar refractivity (Wildman–Crippen MR) is 103 cm³/mol. The zero-order valence-corrected chi connectivity index (χ0v) is 15.1. The number of fused-ring (bicyclic) bond motifs is 1. The zero-order valence-electron chi connectivity index (χ0n) is 14.3. The summed E-state index contributed by atoms with van der Waals surface area (Å²) in [5, 5.41) is 0. The van der Waals surface area contributed by atoms with Crippen LogP contribution < -0.4 is 0 Å². The third-order valence-electron chi connectivity index (χ3n) is 4.91. The SMILES string of the molecule is Cc1ccc(SC[C@H]2Cn3cccc3C(=O)[C@@H]2c2ccccc2)cc1. The van der Waals surface area contributed by atoms with Crippen LogP contribution in [-0.2, 0) is 6.54 Å². The molecule has 0 saturated heterocycles. The molecule has 0 N–H and O–H groups in total. The summed E-state index contributed by atoms with van der Waals surface area (Å²) >= 11 is 1.85. The van der Waals surface area contributed by atoms with E-state index in [4.69, 9.17) is 0 Å². The van der Waals surface area contributed by atoms with Crippen molar-refractivity contribution in [3.8, 4) is 0 Å². The summed E-state index contributed by atoms with van der Waals surface area (Å²) < 4.78 is 2.11. The average Bonchev–Trinajstić information content (AvgIpc) is 3.11. The van der Waals surface area contributed by atoms with Gasteiger partial charge in [-0.1, -0.05) is 48.0 Å². The van der Waals surface area contributed by atoms with Gasteiger partial charge in [0.1, 0.15) is 0 Å². The fourth-order valence-corrected chi connectivity index (χ4v) is 4.63. The van der Waals surface area contributed by atoms with Crippen molar-refractivity contribution in [1.29, 1.82) is 0 Å². The maximum Gasteiger partial charge on any atom is 0.187 e. The average molecular weight is 347 g/mol. The van der Waals surface area contributed by atoms with Crippen LogP contribution in [0.3, 0.4) is 0 Å². The first-order chi connectivity index (χ1) is 12.2. The number of thioether (sulfide) groups is 1. The topological polar surface area (TPSA) is 22.0 Å². The van der Waals surface area contributed by atoms with Gasteiger partial charge in [0, 0.05) is 29.3 Å². The van der Waals surface area contributed by atoms with E-state index in [2.05, 4.69) is 47.9 Å².